The van der Waals surface area contributed by atoms with Crippen molar-refractivity contribution in [3.05, 3.63) is 55.0 Å². The van der Waals surface area contributed by atoms with Crippen molar-refractivity contribution in [1.82, 2.24) is 39.7 Å². The predicted octanol–water partition coefficient (Wildman–Crippen LogP) is 3.87. The van der Waals surface area contributed by atoms with E-state index < -0.39 is 0 Å². The Hall–Kier alpha value is -4.27. The van der Waals surface area contributed by atoms with E-state index in [4.69, 9.17) is 14.4 Å². The molecule has 9 heteroatoms. The molecule has 9 nitrogen and oxygen atoms in total. The molecule has 0 aromatic carbocycles. The van der Waals surface area contributed by atoms with Crippen molar-refractivity contribution in [2.24, 2.45) is 7.05 Å². The van der Waals surface area contributed by atoms with Crippen LogP contribution in [0.15, 0.2) is 53.6 Å². The molecule has 6 aromatic heterocycles. The van der Waals surface area contributed by atoms with E-state index in [-0.39, 0.29) is 0 Å². The Morgan fingerprint density at radius 1 is 0.967 bits per heavy atom. The molecule has 0 aliphatic heterocycles. The summed E-state index contributed by atoms with van der Waals surface area (Å²) in [6, 6.07) is 7.68. The highest BCUT2D eigenvalue weighted by atomic mass is 16.3. The van der Waals surface area contributed by atoms with Gasteiger partial charge in [0.05, 0.1) is 41.1 Å². The van der Waals surface area contributed by atoms with Crippen LogP contribution in [-0.4, -0.2) is 39.7 Å². The van der Waals surface area contributed by atoms with Gasteiger partial charge in [-0.2, -0.15) is 5.10 Å². The van der Waals surface area contributed by atoms with Crippen molar-refractivity contribution in [3.63, 3.8) is 0 Å². The van der Waals surface area contributed by atoms with Gasteiger partial charge in [0.25, 0.3) is 0 Å². The number of aryl methyl sites for hydroxylation is 1. The van der Waals surface area contributed by atoms with Crippen LogP contribution in [0.5, 0.6) is 0 Å². The Bertz CT molecular complexity index is 1520. The van der Waals surface area contributed by atoms with Gasteiger partial charge in [-0.25, -0.2) is 15.0 Å². The molecule has 0 aliphatic rings. The number of furan rings is 1. The first-order valence-corrected chi connectivity index (χ1v) is 9.40. The maximum absolute atomic E-state index is 5.21. The zero-order chi connectivity index (χ0) is 20.2. The molecular weight excluding hydrogens is 380 g/mol. The minimum absolute atomic E-state index is 0.625. The summed E-state index contributed by atoms with van der Waals surface area (Å²) in [7, 11) is 1.98. The third-order valence-corrected chi connectivity index (χ3v) is 5.31. The SMILES string of the molecule is Cc1ncc(-c2ccc3[nH]nc(-c4nc5c(-c6ccoc6)nccc5[nH]4)c3n2)n1C. The molecule has 0 amide bonds. The molecule has 0 spiro atoms. The molecule has 0 fully saturated rings. The highest BCUT2D eigenvalue weighted by Gasteiger charge is 2.18. The Balaban J connectivity index is 1.53. The van der Waals surface area contributed by atoms with E-state index in [0.29, 0.717) is 11.5 Å². The van der Waals surface area contributed by atoms with Crippen molar-refractivity contribution >= 4 is 22.1 Å². The van der Waals surface area contributed by atoms with Crippen LogP contribution in [0.3, 0.4) is 0 Å². The first kappa shape index (κ1) is 16.7. The van der Waals surface area contributed by atoms with Gasteiger partial charge < -0.3 is 14.0 Å². The fourth-order valence-electron chi connectivity index (χ4n) is 3.60. The first-order chi connectivity index (χ1) is 14.7. The fourth-order valence-corrected chi connectivity index (χ4v) is 3.60. The topological polar surface area (TPSA) is 114 Å². The zero-order valence-corrected chi connectivity index (χ0v) is 16.2. The quantitative estimate of drug-likeness (QED) is 0.469. The molecule has 2 N–H and O–H groups in total. The second-order valence-electron chi connectivity index (χ2n) is 7.07. The molecule has 6 rings (SSSR count). The zero-order valence-electron chi connectivity index (χ0n) is 16.2. The van der Waals surface area contributed by atoms with Gasteiger partial charge in [0.2, 0.25) is 0 Å². The van der Waals surface area contributed by atoms with E-state index in [1.165, 1.54) is 0 Å². The van der Waals surface area contributed by atoms with Gasteiger partial charge in [-0.05, 0) is 31.2 Å². The van der Waals surface area contributed by atoms with Gasteiger partial charge in [0, 0.05) is 18.8 Å². The lowest BCUT2D eigenvalue weighted by Crippen LogP contribution is -1.96. The van der Waals surface area contributed by atoms with Crippen LogP contribution in [0.1, 0.15) is 5.82 Å². The summed E-state index contributed by atoms with van der Waals surface area (Å²) in [4.78, 5) is 21.8. The lowest BCUT2D eigenvalue weighted by atomic mass is 10.2. The van der Waals surface area contributed by atoms with Gasteiger partial charge in [-0.1, -0.05) is 0 Å². The molecule has 0 atom stereocenters. The van der Waals surface area contributed by atoms with Crippen LogP contribution in [0, 0.1) is 6.92 Å². The molecule has 0 radical (unpaired) electrons. The molecule has 30 heavy (non-hydrogen) atoms. The number of H-pyrrole nitrogens is 2. The van der Waals surface area contributed by atoms with E-state index >= 15 is 0 Å². The smallest absolute Gasteiger partial charge is 0.161 e. The molecule has 146 valence electrons. The van der Waals surface area contributed by atoms with Crippen molar-refractivity contribution in [2.75, 3.05) is 0 Å². The number of aromatic nitrogens is 8. The van der Waals surface area contributed by atoms with Crippen LogP contribution in [-0.2, 0) is 7.05 Å². The van der Waals surface area contributed by atoms with Crippen LogP contribution < -0.4 is 0 Å². The first-order valence-electron chi connectivity index (χ1n) is 9.40. The summed E-state index contributed by atoms with van der Waals surface area (Å²) >= 11 is 0. The van der Waals surface area contributed by atoms with Crippen LogP contribution in [0.25, 0.3) is 56.2 Å². The summed E-state index contributed by atoms with van der Waals surface area (Å²) in [6.45, 7) is 1.96. The number of aromatic amines is 2. The molecule has 0 saturated carbocycles. The molecular formula is C21H16N8O. The average molecular weight is 396 g/mol. The highest BCUT2D eigenvalue weighted by molar-refractivity contribution is 5.94. The van der Waals surface area contributed by atoms with E-state index in [1.807, 2.05) is 49.0 Å². The van der Waals surface area contributed by atoms with Crippen LogP contribution in [0.2, 0.25) is 0 Å². The molecule has 0 saturated heterocycles. The van der Waals surface area contributed by atoms with Crippen LogP contribution in [0.4, 0.5) is 0 Å². The number of hydrogen-bond donors (Lipinski definition) is 2. The third kappa shape index (κ3) is 2.38. The Kier molecular flexibility index (Phi) is 3.40. The number of rotatable bonds is 3. The number of pyridine rings is 2. The van der Waals surface area contributed by atoms with Gasteiger partial charge in [0.15, 0.2) is 11.5 Å². The van der Waals surface area contributed by atoms with Crippen molar-refractivity contribution in [3.8, 4) is 34.2 Å². The van der Waals surface area contributed by atoms with E-state index in [1.54, 1.807) is 18.7 Å². The number of fused-ring (bicyclic) bond motifs is 2. The van der Waals surface area contributed by atoms with Crippen molar-refractivity contribution in [2.45, 2.75) is 6.92 Å². The molecule has 0 aliphatic carbocycles. The highest BCUT2D eigenvalue weighted by Crippen LogP contribution is 2.30. The average Bonchev–Trinajstić information content (AvgIpc) is 3.54. The molecule has 6 heterocycles. The molecule has 0 unspecified atom stereocenters. The number of hydrogen-bond acceptors (Lipinski definition) is 6. The van der Waals surface area contributed by atoms with Gasteiger partial charge in [0.1, 0.15) is 22.6 Å². The fraction of sp³-hybridized carbons (Fsp3) is 0.0952. The predicted molar refractivity (Wildman–Crippen MR) is 111 cm³/mol. The molecule has 6 aromatic rings. The molecule has 0 bridgehead atoms. The maximum Gasteiger partial charge on any atom is 0.161 e. The monoisotopic (exact) mass is 396 g/mol. The summed E-state index contributed by atoms with van der Waals surface area (Å²) in [5.74, 6) is 1.55. The lowest BCUT2D eigenvalue weighted by molar-refractivity contribution is 0.568. The number of nitrogens with one attached hydrogen (secondary N) is 2. The normalized spacial score (nSPS) is 11.7. The van der Waals surface area contributed by atoms with Gasteiger partial charge in [-0.3, -0.25) is 10.1 Å². The Morgan fingerprint density at radius 2 is 1.87 bits per heavy atom. The van der Waals surface area contributed by atoms with E-state index in [0.717, 1.165) is 50.5 Å². The summed E-state index contributed by atoms with van der Waals surface area (Å²) in [5.41, 5.74) is 7.24. The third-order valence-electron chi connectivity index (χ3n) is 5.31. The van der Waals surface area contributed by atoms with E-state index in [9.17, 15) is 0 Å². The largest absolute Gasteiger partial charge is 0.472 e. The second-order valence-corrected chi connectivity index (χ2v) is 7.07. The van der Waals surface area contributed by atoms with Gasteiger partial charge in [-0.15, -0.1) is 0 Å². The van der Waals surface area contributed by atoms with Gasteiger partial charge >= 0.3 is 0 Å². The number of imidazole rings is 2. The Labute approximate surface area is 169 Å². The minimum atomic E-state index is 0.625. The second kappa shape index (κ2) is 6.11. The van der Waals surface area contributed by atoms with Crippen molar-refractivity contribution in [1.29, 1.82) is 0 Å². The summed E-state index contributed by atoms with van der Waals surface area (Å²) in [6.07, 6.45) is 6.85. The summed E-state index contributed by atoms with van der Waals surface area (Å²) in [5, 5.41) is 7.52. The minimum Gasteiger partial charge on any atom is -0.472 e. The number of nitrogens with zero attached hydrogens (tertiary/aromatic N) is 6. The van der Waals surface area contributed by atoms with Crippen LogP contribution >= 0.6 is 0 Å². The van der Waals surface area contributed by atoms with Crippen molar-refractivity contribution < 1.29 is 4.42 Å². The maximum atomic E-state index is 5.21. The Morgan fingerprint density at radius 3 is 2.67 bits per heavy atom. The lowest BCUT2D eigenvalue weighted by Gasteiger charge is -2.03. The summed E-state index contributed by atoms with van der Waals surface area (Å²) < 4.78 is 7.22. The standard InChI is InChI=1S/C21H16N8O/c1-11-23-9-16(29(11)2)13-3-4-15-19(24-13)20(28-27-15)21-25-14-5-7-22-17(18(14)26-21)12-6-8-30-10-12/h3-10H,1-2H3,(H,25,26)(H,27,28). The van der Waals surface area contributed by atoms with E-state index in [2.05, 4.69) is 25.1 Å².